The molecule has 2 rings (SSSR count). The molecule has 0 aliphatic carbocycles. The van der Waals surface area contributed by atoms with Gasteiger partial charge in [0.25, 0.3) is 5.91 Å². The standard InChI is InChI=1S/C18H24N6O3/c1-11(2)15(19)17(26)20-10-14(25)23-16(12-6-4-3-5-7-12)18(27)22-13-8-9-21-24-13/h3-9,11,15-16H,10,19H2,1-2H3,(H,20,26)(H,23,25)(H2,21,22,24,27)/t15-,16?/m0/s1. The summed E-state index contributed by atoms with van der Waals surface area (Å²) in [5.41, 5.74) is 6.35. The molecule has 9 heteroatoms. The number of amides is 3. The lowest BCUT2D eigenvalue weighted by Gasteiger charge is -2.19. The Hall–Kier alpha value is -3.20. The van der Waals surface area contributed by atoms with Gasteiger partial charge in [0, 0.05) is 6.07 Å². The van der Waals surface area contributed by atoms with Crippen molar-refractivity contribution in [3.8, 4) is 0 Å². The molecular formula is C18H24N6O3. The fourth-order valence-electron chi connectivity index (χ4n) is 2.28. The molecule has 0 saturated carbocycles. The lowest BCUT2D eigenvalue weighted by Crippen LogP contribution is -2.48. The normalized spacial score (nSPS) is 12.9. The lowest BCUT2D eigenvalue weighted by atomic mass is 10.0. The topological polar surface area (TPSA) is 142 Å². The smallest absolute Gasteiger partial charge is 0.252 e. The predicted molar refractivity (Wildman–Crippen MR) is 100 cm³/mol. The Bertz CT molecular complexity index is 761. The second-order valence-corrected chi connectivity index (χ2v) is 6.36. The van der Waals surface area contributed by atoms with Crippen molar-refractivity contribution in [3.63, 3.8) is 0 Å². The fourth-order valence-corrected chi connectivity index (χ4v) is 2.28. The van der Waals surface area contributed by atoms with E-state index in [1.54, 1.807) is 30.3 Å². The minimum Gasteiger partial charge on any atom is -0.346 e. The molecule has 1 heterocycles. The molecule has 0 aliphatic heterocycles. The summed E-state index contributed by atoms with van der Waals surface area (Å²) < 4.78 is 0. The number of anilines is 1. The first-order valence-electron chi connectivity index (χ1n) is 8.56. The van der Waals surface area contributed by atoms with Gasteiger partial charge in [-0.25, -0.2) is 0 Å². The van der Waals surface area contributed by atoms with Crippen LogP contribution in [-0.4, -0.2) is 40.5 Å². The van der Waals surface area contributed by atoms with E-state index >= 15 is 0 Å². The minimum absolute atomic E-state index is 0.0506. The van der Waals surface area contributed by atoms with Gasteiger partial charge in [0.1, 0.15) is 11.9 Å². The highest BCUT2D eigenvalue weighted by Gasteiger charge is 2.24. The third-order valence-corrected chi connectivity index (χ3v) is 3.90. The van der Waals surface area contributed by atoms with Crippen molar-refractivity contribution < 1.29 is 14.4 Å². The summed E-state index contributed by atoms with van der Waals surface area (Å²) in [4.78, 5) is 36.7. The molecule has 1 aromatic heterocycles. The van der Waals surface area contributed by atoms with Crippen molar-refractivity contribution in [2.24, 2.45) is 11.7 Å². The van der Waals surface area contributed by atoms with E-state index in [9.17, 15) is 14.4 Å². The SMILES string of the molecule is CC(C)[C@H](N)C(=O)NCC(=O)NC(C(=O)Nc1ccn[nH]1)c1ccccc1. The van der Waals surface area contributed by atoms with E-state index in [0.29, 0.717) is 11.4 Å². The third kappa shape index (κ3) is 5.93. The molecular weight excluding hydrogens is 348 g/mol. The minimum atomic E-state index is -0.933. The van der Waals surface area contributed by atoms with Crippen LogP contribution in [0.2, 0.25) is 0 Å². The van der Waals surface area contributed by atoms with Crippen LogP contribution in [0.1, 0.15) is 25.5 Å². The molecule has 144 valence electrons. The first-order chi connectivity index (χ1) is 12.9. The van der Waals surface area contributed by atoms with Crippen LogP contribution in [-0.2, 0) is 14.4 Å². The average Bonchev–Trinajstić information content (AvgIpc) is 3.17. The monoisotopic (exact) mass is 372 g/mol. The van der Waals surface area contributed by atoms with Crippen molar-refractivity contribution in [2.45, 2.75) is 25.9 Å². The van der Waals surface area contributed by atoms with Crippen LogP contribution in [0.4, 0.5) is 5.82 Å². The molecule has 0 fully saturated rings. The first-order valence-corrected chi connectivity index (χ1v) is 8.56. The number of benzene rings is 1. The number of nitrogens with two attached hydrogens (primary N) is 1. The fraction of sp³-hybridized carbons (Fsp3) is 0.333. The maximum Gasteiger partial charge on any atom is 0.252 e. The third-order valence-electron chi connectivity index (χ3n) is 3.90. The highest BCUT2D eigenvalue weighted by molar-refractivity contribution is 5.98. The van der Waals surface area contributed by atoms with Crippen LogP contribution in [0.3, 0.4) is 0 Å². The maximum atomic E-state index is 12.6. The van der Waals surface area contributed by atoms with Gasteiger partial charge in [-0.15, -0.1) is 0 Å². The number of nitrogens with zero attached hydrogens (tertiary/aromatic N) is 1. The van der Waals surface area contributed by atoms with Crippen molar-refractivity contribution in [3.05, 3.63) is 48.2 Å². The average molecular weight is 372 g/mol. The van der Waals surface area contributed by atoms with Gasteiger partial charge in [-0.1, -0.05) is 44.2 Å². The Kier molecular flexibility index (Phi) is 7.07. The van der Waals surface area contributed by atoms with Crippen LogP contribution in [0.25, 0.3) is 0 Å². The summed E-state index contributed by atoms with van der Waals surface area (Å²) in [7, 11) is 0. The molecule has 0 saturated heterocycles. The zero-order valence-electron chi connectivity index (χ0n) is 15.2. The number of aromatic amines is 1. The molecule has 0 aliphatic rings. The Morgan fingerprint density at radius 2 is 1.81 bits per heavy atom. The molecule has 0 radical (unpaired) electrons. The molecule has 1 aromatic carbocycles. The number of hydrogen-bond acceptors (Lipinski definition) is 5. The van der Waals surface area contributed by atoms with E-state index in [4.69, 9.17) is 5.73 Å². The summed E-state index contributed by atoms with van der Waals surface area (Å²) >= 11 is 0. The zero-order valence-corrected chi connectivity index (χ0v) is 15.2. The summed E-state index contributed by atoms with van der Waals surface area (Å²) in [6.07, 6.45) is 1.50. The summed E-state index contributed by atoms with van der Waals surface area (Å²) in [5.74, 6) is -1.01. The second-order valence-electron chi connectivity index (χ2n) is 6.36. The van der Waals surface area contributed by atoms with Crippen LogP contribution < -0.4 is 21.7 Å². The van der Waals surface area contributed by atoms with E-state index in [0.717, 1.165) is 0 Å². The highest BCUT2D eigenvalue weighted by Crippen LogP contribution is 2.15. The zero-order chi connectivity index (χ0) is 19.8. The van der Waals surface area contributed by atoms with E-state index in [1.165, 1.54) is 6.20 Å². The molecule has 0 spiro atoms. The first kappa shape index (κ1) is 20.1. The number of hydrogen-bond donors (Lipinski definition) is 5. The van der Waals surface area contributed by atoms with Crippen molar-refractivity contribution >= 4 is 23.5 Å². The molecule has 2 aromatic rings. The highest BCUT2D eigenvalue weighted by atomic mass is 16.2. The van der Waals surface area contributed by atoms with Gasteiger partial charge in [0.2, 0.25) is 11.8 Å². The van der Waals surface area contributed by atoms with Gasteiger partial charge in [-0.2, -0.15) is 5.10 Å². The van der Waals surface area contributed by atoms with Crippen molar-refractivity contribution in [2.75, 3.05) is 11.9 Å². The van der Waals surface area contributed by atoms with E-state index in [-0.39, 0.29) is 12.5 Å². The molecule has 9 nitrogen and oxygen atoms in total. The number of nitrogens with one attached hydrogen (secondary N) is 4. The molecule has 2 atom stereocenters. The van der Waals surface area contributed by atoms with Crippen LogP contribution in [0.5, 0.6) is 0 Å². The largest absolute Gasteiger partial charge is 0.346 e. The Morgan fingerprint density at radius 1 is 1.11 bits per heavy atom. The molecule has 6 N–H and O–H groups in total. The summed E-state index contributed by atoms with van der Waals surface area (Å²) in [6, 6.07) is 8.75. The van der Waals surface area contributed by atoms with Gasteiger partial charge >= 0.3 is 0 Å². The quantitative estimate of drug-likeness (QED) is 0.453. The Morgan fingerprint density at radius 3 is 2.41 bits per heavy atom. The summed E-state index contributed by atoms with van der Waals surface area (Å²) in [5, 5.41) is 14.1. The van der Waals surface area contributed by atoms with Gasteiger partial charge in [-0.3, -0.25) is 19.5 Å². The number of rotatable bonds is 8. The second kappa shape index (κ2) is 9.48. The van der Waals surface area contributed by atoms with Gasteiger partial charge in [-0.05, 0) is 11.5 Å². The number of carbonyl (C=O) groups excluding carboxylic acids is 3. The van der Waals surface area contributed by atoms with Crippen molar-refractivity contribution in [1.29, 1.82) is 0 Å². The van der Waals surface area contributed by atoms with Crippen LogP contribution in [0, 0.1) is 5.92 Å². The number of aromatic nitrogens is 2. The molecule has 1 unspecified atom stereocenters. The van der Waals surface area contributed by atoms with E-state index in [2.05, 4.69) is 26.1 Å². The lowest BCUT2D eigenvalue weighted by molar-refractivity contribution is -0.129. The van der Waals surface area contributed by atoms with Gasteiger partial charge in [0.05, 0.1) is 18.8 Å². The Balaban J connectivity index is 2.02. The van der Waals surface area contributed by atoms with Crippen LogP contribution >= 0.6 is 0 Å². The van der Waals surface area contributed by atoms with E-state index < -0.39 is 29.8 Å². The Labute approximate surface area is 157 Å². The van der Waals surface area contributed by atoms with E-state index in [1.807, 2.05) is 19.9 Å². The predicted octanol–water partition coefficient (Wildman–Crippen LogP) is 0.305. The summed E-state index contributed by atoms with van der Waals surface area (Å²) in [6.45, 7) is 3.35. The molecule has 3 amide bonds. The molecule has 0 bridgehead atoms. The van der Waals surface area contributed by atoms with Crippen LogP contribution in [0.15, 0.2) is 42.6 Å². The van der Waals surface area contributed by atoms with Gasteiger partial charge in [0.15, 0.2) is 0 Å². The molecule has 27 heavy (non-hydrogen) atoms. The van der Waals surface area contributed by atoms with Gasteiger partial charge < -0.3 is 21.7 Å². The number of carbonyl (C=O) groups is 3. The van der Waals surface area contributed by atoms with Crippen molar-refractivity contribution in [1.82, 2.24) is 20.8 Å². The maximum absolute atomic E-state index is 12.6. The number of H-pyrrole nitrogens is 1.